The van der Waals surface area contributed by atoms with E-state index in [2.05, 4.69) is 9.46 Å². The van der Waals surface area contributed by atoms with Gasteiger partial charge in [-0.15, -0.1) is 11.3 Å². The maximum Gasteiger partial charge on any atom is 0.348 e. The molecule has 2 rings (SSSR count). The normalized spacial score (nSPS) is 11.4. The van der Waals surface area contributed by atoms with Crippen LogP contribution in [0.3, 0.4) is 0 Å². The summed E-state index contributed by atoms with van der Waals surface area (Å²) in [6.07, 6.45) is 0.486. The van der Waals surface area contributed by atoms with Crippen LogP contribution < -0.4 is 4.72 Å². The number of methoxy groups -OCH3 is 1. The lowest BCUT2D eigenvalue weighted by Crippen LogP contribution is -2.25. The Balaban J connectivity index is 1.94. The van der Waals surface area contributed by atoms with Gasteiger partial charge in [-0.05, 0) is 47.7 Å². The van der Waals surface area contributed by atoms with Crippen molar-refractivity contribution in [3.8, 4) is 0 Å². The summed E-state index contributed by atoms with van der Waals surface area (Å²) in [5.41, 5.74) is 0.879. The van der Waals surface area contributed by atoms with Gasteiger partial charge in [0.15, 0.2) is 0 Å². The smallest absolute Gasteiger partial charge is 0.348 e. The molecule has 118 valence electrons. The maximum absolute atomic E-state index is 12.1. The molecule has 0 bridgehead atoms. The van der Waals surface area contributed by atoms with Crippen molar-refractivity contribution < 1.29 is 17.9 Å². The predicted octanol–water partition coefficient (Wildman–Crippen LogP) is 2.71. The van der Waals surface area contributed by atoms with Gasteiger partial charge in [0, 0.05) is 11.6 Å². The molecule has 0 fully saturated rings. The zero-order valence-corrected chi connectivity index (χ0v) is 14.1. The molecular formula is C14H14ClNO4S2. The first kappa shape index (κ1) is 17.0. The van der Waals surface area contributed by atoms with Crippen LogP contribution in [-0.2, 0) is 21.2 Å². The second-order valence-corrected chi connectivity index (χ2v) is 7.53. The molecule has 5 nitrogen and oxygen atoms in total. The van der Waals surface area contributed by atoms with Gasteiger partial charge in [0.1, 0.15) is 4.88 Å². The quantitative estimate of drug-likeness (QED) is 0.805. The standard InChI is InChI=1S/C14H14ClNO4S2/c1-20-14(17)13-8-10(9-21-13)6-7-16-22(18,19)12-4-2-11(15)3-5-12/h2-5,8-9,16H,6-7H2,1H3. The fourth-order valence-electron chi connectivity index (χ4n) is 1.74. The number of rotatable bonds is 6. The van der Waals surface area contributed by atoms with Gasteiger partial charge >= 0.3 is 5.97 Å². The van der Waals surface area contributed by atoms with E-state index >= 15 is 0 Å². The Labute approximate surface area is 137 Å². The number of halogens is 1. The molecule has 0 aliphatic carbocycles. The second kappa shape index (κ2) is 7.23. The molecule has 0 spiro atoms. The number of carbonyl (C=O) groups excluding carboxylic acids is 1. The minimum Gasteiger partial charge on any atom is -0.465 e. The van der Waals surface area contributed by atoms with Crippen molar-refractivity contribution in [3.05, 3.63) is 51.2 Å². The summed E-state index contributed by atoms with van der Waals surface area (Å²) in [5, 5.41) is 2.29. The SMILES string of the molecule is COC(=O)c1cc(CCNS(=O)(=O)c2ccc(Cl)cc2)cs1. The maximum atomic E-state index is 12.1. The fourth-order valence-corrected chi connectivity index (χ4v) is 3.76. The van der Waals surface area contributed by atoms with E-state index in [0.29, 0.717) is 16.3 Å². The molecule has 0 amide bonds. The zero-order chi connectivity index (χ0) is 16.2. The van der Waals surface area contributed by atoms with Gasteiger partial charge in [-0.2, -0.15) is 0 Å². The Morgan fingerprint density at radius 3 is 2.64 bits per heavy atom. The molecular weight excluding hydrogens is 346 g/mol. The number of ether oxygens (including phenoxy) is 1. The molecule has 0 saturated heterocycles. The number of thiophene rings is 1. The van der Waals surface area contributed by atoms with Crippen LogP contribution in [0.5, 0.6) is 0 Å². The van der Waals surface area contributed by atoms with Gasteiger partial charge in [-0.25, -0.2) is 17.9 Å². The highest BCUT2D eigenvalue weighted by Crippen LogP contribution is 2.17. The summed E-state index contributed by atoms with van der Waals surface area (Å²) in [6.45, 7) is 0.238. The topological polar surface area (TPSA) is 72.5 Å². The lowest BCUT2D eigenvalue weighted by Gasteiger charge is -2.06. The summed E-state index contributed by atoms with van der Waals surface area (Å²) in [5.74, 6) is -0.391. The Hall–Kier alpha value is -1.41. The minimum absolute atomic E-state index is 0.164. The molecule has 1 heterocycles. The molecule has 1 aromatic heterocycles. The molecule has 0 unspecified atom stereocenters. The molecule has 0 saturated carbocycles. The number of hydrogen-bond acceptors (Lipinski definition) is 5. The molecule has 0 aliphatic rings. The molecule has 1 N–H and O–H groups in total. The minimum atomic E-state index is -3.56. The molecule has 0 radical (unpaired) electrons. The van der Waals surface area contributed by atoms with Gasteiger partial charge in [-0.1, -0.05) is 11.6 Å². The first-order chi connectivity index (χ1) is 10.4. The van der Waals surface area contributed by atoms with E-state index in [9.17, 15) is 13.2 Å². The van der Waals surface area contributed by atoms with Gasteiger partial charge in [0.25, 0.3) is 0 Å². The van der Waals surface area contributed by atoms with Gasteiger partial charge in [-0.3, -0.25) is 0 Å². The van der Waals surface area contributed by atoms with Crippen LogP contribution in [0.1, 0.15) is 15.2 Å². The van der Waals surface area contributed by atoms with Crippen LogP contribution in [0.25, 0.3) is 0 Å². The van der Waals surface area contributed by atoms with Crippen LogP contribution in [0, 0.1) is 0 Å². The molecule has 2 aromatic rings. The van der Waals surface area contributed by atoms with E-state index < -0.39 is 16.0 Å². The third kappa shape index (κ3) is 4.30. The molecule has 8 heteroatoms. The molecule has 1 aromatic carbocycles. The molecule has 22 heavy (non-hydrogen) atoms. The van der Waals surface area contributed by atoms with Crippen LogP contribution in [0.4, 0.5) is 0 Å². The van der Waals surface area contributed by atoms with E-state index in [4.69, 9.17) is 11.6 Å². The first-order valence-electron chi connectivity index (χ1n) is 6.33. The summed E-state index contributed by atoms with van der Waals surface area (Å²) < 4.78 is 31.3. The van der Waals surface area contributed by atoms with E-state index in [0.717, 1.165) is 5.56 Å². The van der Waals surface area contributed by atoms with Crippen molar-refractivity contribution in [2.24, 2.45) is 0 Å². The Bertz CT molecular complexity index is 753. The van der Waals surface area contributed by atoms with Crippen molar-refractivity contribution >= 4 is 38.9 Å². The third-order valence-corrected chi connectivity index (χ3v) is 5.56. The monoisotopic (exact) mass is 359 g/mol. The number of esters is 1. The van der Waals surface area contributed by atoms with Crippen LogP contribution >= 0.6 is 22.9 Å². The average molecular weight is 360 g/mol. The van der Waals surface area contributed by atoms with E-state index in [1.807, 2.05) is 5.38 Å². The summed E-state index contributed by atoms with van der Waals surface area (Å²) in [6, 6.07) is 7.65. The highest BCUT2D eigenvalue weighted by molar-refractivity contribution is 7.89. The van der Waals surface area contributed by atoms with E-state index in [-0.39, 0.29) is 11.4 Å². The van der Waals surface area contributed by atoms with Gasteiger partial charge in [0.2, 0.25) is 10.0 Å². The lowest BCUT2D eigenvalue weighted by atomic mass is 10.2. The number of nitrogens with one attached hydrogen (secondary N) is 1. The van der Waals surface area contributed by atoms with Crippen LogP contribution in [-0.4, -0.2) is 28.0 Å². The van der Waals surface area contributed by atoms with E-state index in [1.54, 1.807) is 6.07 Å². The predicted molar refractivity (Wildman–Crippen MR) is 86.0 cm³/mol. The highest BCUT2D eigenvalue weighted by Gasteiger charge is 2.14. The number of sulfonamides is 1. The average Bonchev–Trinajstić information content (AvgIpc) is 2.95. The van der Waals surface area contributed by atoms with Crippen molar-refractivity contribution in [1.82, 2.24) is 4.72 Å². The zero-order valence-electron chi connectivity index (χ0n) is 11.7. The fraction of sp³-hybridized carbons (Fsp3) is 0.214. The largest absolute Gasteiger partial charge is 0.465 e. The van der Waals surface area contributed by atoms with Crippen molar-refractivity contribution in [2.45, 2.75) is 11.3 Å². The summed E-state index contributed by atoms with van der Waals surface area (Å²) in [7, 11) is -2.24. The third-order valence-electron chi connectivity index (χ3n) is 2.87. The number of carbonyl (C=O) groups is 1. The summed E-state index contributed by atoms with van der Waals surface area (Å²) >= 11 is 7.01. The first-order valence-corrected chi connectivity index (χ1v) is 9.07. The number of benzene rings is 1. The number of hydrogen-bond donors (Lipinski definition) is 1. The van der Waals surface area contributed by atoms with Gasteiger partial charge < -0.3 is 4.74 Å². The van der Waals surface area contributed by atoms with Gasteiger partial charge in [0.05, 0.1) is 12.0 Å². The molecule has 0 atom stereocenters. The van der Waals surface area contributed by atoms with Crippen molar-refractivity contribution in [2.75, 3.05) is 13.7 Å². The van der Waals surface area contributed by atoms with Crippen molar-refractivity contribution in [1.29, 1.82) is 0 Å². The Kier molecular flexibility index (Phi) is 5.57. The van der Waals surface area contributed by atoms with Crippen molar-refractivity contribution in [3.63, 3.8) is 0 Å². The highest BCUT2D eigenvalue weighted by atomic mass is 35.5. The van der Waals surface area contributed by atoms with E-state index in [1.165, 1.54) is 42.7 Å². The molecule has 0 aliphatic heterocycles. The van der Waals surface area contributed by atoms with Crippen LogP contribution in [0.15, 0.2) is 40.6 Å². The summed E-state index contributed by atoms with van der Waals surface area (Å²) in [4.78, 5) is 12.0. The second-order valence-electron chi connectivity index (χ2n) is 4.41. The lowest BCUT2D eigenvalue weighted by molar-refractivity contribution is 0.0606. The Morgan fingerprint density at radius 2 is 2.00 bits per heavy atom. The Morgan fingerprint density at radius 1 is 1.32 bits per heavy atom. The van der Waals surface area contributed by atoms with Crippen LogP contribution in [0.2, 0.25) is 5.02 Å².